The number of methoxy groups -OCH3 is 1. The Hall–Kier alpha value is -6.45. The molecule has 4 amide bonds. The predicted octanol–water partition coefficient (Wildman–Crippen LogP) is 7.05. The summed E-state index contributed by atoms with van der Waals surface area (Å²) in [6.45, 7) is 3.11. The van der Waals surface area contributed by atoms with Crippen molar-refractivity contribution < 1.29 is 32.7 Å². The zero-order valence-corrected chi connectivity index (χ0v) is 36.8. The molecule has 4 N–H and O–H groups in total. The lowest BCUT2D eigenvalue weighted by Crippen LogP contribution is -2.51. The topological polar surface area (TPSA) is 182 Å². The molecule has 2 saturated heterocycles. The van der Waals surface area contributed by atoms with Gasteiger partial charge in [0.2, 0.25) is 18.2 Å². The highest BCUT2D eigenvalue weighted by Crippen LogP contribution is 2.52. The van der Waals surface area contributed by atoms with Crippen LogP contribution >= 0.6 is 0 Å². The molecule has 16 heteroatoms. The molecule has 340 valence electrons. The van der Waals surface area contributed by atoms with Crippen molar-refractivity contribution in [2.45, 2.75) is 102 Å². The number of hydrogen-bond donors (Lipinski definition) is 4. The van der Waals surface area contributed by atoms with Gasteiger partial charge in [-0.3, -0.25) is 19.2 Å². The number of carbonyl (C=O) groups is 4. The van der Waals surface area contributed by atoms with E-state index in [2.05, 4.69) is 49.9 Å². The van der Waals surface area contributed by atoms with E-state index in [0.717, 1.165) is 59.2 Å². The number of alkyl halides is 2. The van der Waals surface area contributed by atoms with Crippen molar-refractivity contribution in [3.8, 4) is 33.5 Å². The van der Waals surface area contributed by atoms with E-state index in [-0.39, 0.29) is 61.1 Å². The molecule has 14 nitrogen and oxygen atoms in total. The number of amides is 4. The molecule has 5 aromatic rings. The molecule has 9 rings (SSSR count). The Balaban J connectivity index is 1.00. The number of rotatable bonds is 11. The van der Waals surface area contributed by atoms with Gasteiger partial charge in [0.25, 0.3) is 5.56 Å². The summed E-state index contributed by atoms with van der Waals surface area (Å²) in [5.41, 5.74) is 8.65. The second-order valence-electron chi connectivity index (χ2n) is 18.6. The first-order valence-corrected chi connectivity index (χ1v) is 22.6. The van der Waals surface area contributed by atoms with Crippen LogP contribution in [-0.2, 0) is 32.0 Å². The van der Waals surface area contributed by atoms with Gasteiger partial charge in [0, 0.05) is 12.8 Å². The van der Waals surface area contributed by atoms with Gasteiger partial charge in [0.05, 0.1) is 61.6 Å². The van der Waals surface area contributed by atoms with Crippen LogP contribution in [0.3, 0.4) is 0 Å². The Labute approximate surface area is 374 Å². The maximum atomic E-state index is 15.0. The van der Waals surface area contributed by atoms with E-state index in [4.69, 9.17) is 9.72 Å². The molecule has 1 saturated carbocycles. The smallest absolute Gasteiger partial charge is 0.407 e. The Kier molecular flexibility index (Phi) is 12.0. The van der Waals surface area contributed by atoms with Crippen LogP contribution in [0.2, 0.25) is 0 Å². The first kappa shape index (κ1) is 43.8. The van der Waals surface area contributed by atoms with Gasteiger partial charge in [-0.25, -0.2) is 23.5 Å². The number of nitrogens with zero attached hydrogens (tertiary/aromatic N) is 4. The molecular weight excluding hydrogens is 835 g/mol. The summed E-state index contributed by atoms with van der Waals surface area (Å²) in [5.74, 6) is -0.461. The number of H-pyrrole nitrogens is 2. The average Bonchev–Trinajstić information content (AvgIpc) is 4.12. The summed E-state index contributed by atoms with van der Waals surface area (Å²) in [4.78, 5) is 81.5. The number of likely N-dealkylation sites (tertiary alicyclic amines) is 2. The van der Waals surface area contributed by atoms with Gasteiger partial charge < -0.3 is 35.1 Å². The van der Waals surface area contributed by atoms with Crippen LogP contribution in [-0.4, -0.2) is 99.2 Å². The van der Waals surface area contributed by atoms with E-state index in [1.165, 1.54) is 47.3 Å². The van der Waals surface area contributed by atoms with Gasteiger partial charge in [-0.15, -0.1) is 0 Å². The van der Waals surface area contributed by atoms with Crippen LogP contribution in [0.4, 0.5) is 13.6 Å². The van der Waals surface area contributed by atoms with Crippen LogP contribution in [0.5, 0.6) is 0 Å². The molecule has 0 bridgehead atoms. The van der Waals surface area contributed by atoms with Crippen molar-refractivity contribution >= 4 is 35.2 Å². The van der Waals surface area contributed by atoms with Gasteiger partial charge in [0.1, 0.15) is 30.0 Å². The number of alkyl carbamates (subject to hydrolysis) is 1. The quantitative estimate of drug-likeness (QED) is 0.102. The lowest BCUT2D eigenvalue weighted by molar-refractivity contribution is -0.135. The Bertz CT molecular complexity index is 2690. The number of aromatic nitrogens is 4. The van der Waals surface area contributed by atoms with Gasteiger partial charge in [0.15, 0.2) is 0 Å². The molecule has 1 spiro atoms. The third kappa shape index (κ3) is 8.50. The van der Waals surface area contributed by atoms with Crippen LogP contribution in [0.25, 0.3) is 44.4 Å². The van der Waals surface area contributed by atoms with Crippen molar-refractivity contribution in [2.75, 3.05) is 26.7 Å². The van der Waals surface area contributed by atoms with Crippen LogP contribution < -0.4 is 16.2 Å². The molecule has 65 heavy (non-hydrogen) atoms. The molecule has 4 heterocycles. The number of imidazole rings is 1. The van der Waals surface area contributed by atoms with E-state index in [9.17, 15) is 28.4 Å². The third-order valence-electron chi connectivity index (χ3n) is 14.0. The SMILES string of the molecule is COC(=O)NC(C(=O)N1CC(F)CC1c1nc2ccc(-c3ccc(-c4ccc(-c5cnc(C6CC(F)CN6C(=O)CNC=O)[nH]5)cc4)c4c3CC3(CCCCC3)C4)cc2c(=O)[nH]1)C(C)C. The number of carbonyl (C=O) groups excluding carboxylic acids is 4. The summed E-state index contributed by atoms with van der Waals surface area (Å²) in [6.07, 6.45) is 6.79. The van der Waals surface area contributed by atoms with Crippen LogP contribution in [0, 0.1) is 11.3 Å². The van der Waals surface area contributed by atoms with Crippen LogP contribution in [0.1, 0.15) is 93.7 Å². The Morgan fingerprint density at radius 1 is 0.862 bits per heavy atom. The highest BCUT2D eigenvalue weighted by atomic mass is 19.1. The molecular formula is C49H54F2N8O6. The minimum atomic E-state index is -1.34. The summed E-state index contributed by atoms with van der Waals surface area (Å²) in [6, 6.07) is 15.9. The second-order valence-corrected chi connectivity index (χ2v) is 18.6. The number of fused-ring (bicyclic) bond motifs is 2. The van der Waals surface area contributed by atoms with E-state index < -0.39 is 42.5 Å². The molecule has 3 aromatic carbocycles. The molecule has 4 aliphatic rings. The molecule has 2 aliphatic carbocycles. The number of halogens is 2. The van der Waals surface area contributed by atoms with Gasteiger partial charge >= 0.3 is 6.09 Å². The van der Waals surface area contributed by atoms with Crippen molar-refractivity contribution in [1.29, 1.82) is 0 Å². The van der Waals surface area contributed by atoms with E-state index in [0.29, 0.717) is 23.1 Å². The molecule has 3 fully saturated rings. The lowest BCUT2D eigenvalue weighted by atomic mass is 9.72. The summed E-state index contributed by atoms with van der Waals surface area (Å²) < 4.78 is 34.3. The zero-order valence-electron chi connectivity index (χ0n) is 36.8. The van der Waals surface area contributed by atoms with E-state index in [1.54, 1.807) is 20.0 Å². The minimum Gasteiger partial charge on any atom is -0.453 e. The molecule has 5 unspecified atom stereocenters. The number of hydrogen-bond acceptors (Lipinski definition) is 8. The van der Waals surface area contributed by atoms with Crippen LogP contribution in [0.15, 0.2) is 65.6 Å². The van der Waals surface area contributed by atoms with Gasteiger partial charge in [-0.05, 0) is 88.1 Å². The number of nitrogens with one attached hydrogen (secondary N) is 4. The summed E-state index contributed by atoms with van der Waals surface area (Å²) in [7, 11) is 1.21. The average molecular weight is 889 g/mol. The Morgan fingerprint density at radius 2 is 1.49 bits per heavy atom. The number of ether oxygens (including phenoxy) is 1. The second kappa shape index (κ2) is 17.8. The number of benzene rings is 3. The predicted molar refractivity (Wildman–Crippen MR) is 240 cm³/mol. The van der Waals surface area contributed by atoms with Crippen molar-refractivity contribution in [3.05, 3.63) is 93.9 Å². The molecule has 2 aliphatic heterocycles. The fourth-order valence-corrected chi connectivity index (χ4v) is 10.8. The third-order valence-corrected chi connectivity index (χ3v) is 14.0. The summed E-state index contributed by atoms with van der Waals surface area (Å²) in [5, 5.41) is 5.33. The fraction of sp³-hybridized carbons (Fsp3) is 0.449. The summed E-state index contributed by atoms with van der Waals surface area (Å²) >= 11 is 0. The normalized spacial score (nSPS) is 21.8. The lowest BCUT2D eigenvalue weighted by Gasteiger charge is -2.33. The van der Waals surface area contributed by atoms with E-state index >= 15 is 4.39 Å². The Morgan fingerprint density at radius 3 is 2.15 bits per heavy atom. The number of aromatic amines is 2. The largest absolute Gasteiger partial charge is 0.453 e. The van der Waals surface area contributed by atoms with Gasteiger partial charge in [-0.1, -0.05) is 75.6 Å². The molecule has 2 aromatic heterocycles. The van der Waals surface area contributed by atoms with Crippen molar-refractivity contribution in [3.63, 3.8) is 0 Å². The standard InChI is InChI=1S/C49H54F2N8O6/c1-27(2)43(56-48(64)65-3)47(63)59-25-32(51)19-41(59)45-54-38-14-11-30(17-35(38)46(62)57-45)34-13-12-33(36-20-49(21-37(34)36)15-5-4-6-16-49)28-7-9-29(10-8-28)39-22-53-44(55-39)40-18-31(50)24-58(40)42(61)23-52-26-60/h7-14,17,22,26-27,31-32,40-41,43H,4-6,15-16,18-21,23-25H2,1-3H3,(H,52,60)(H,53,55)(H,56,64)(H,54,57,62). The minimum absolute atomic E-state index is 0.0397. The first-order valence-electron chi connectivity index (χ1n) is 22.6. The highest BCUT2D eigenvalue weighted by molar-refractivity contribution is 5.88. The zero-order chi connectivity index (χ0) is 45.6. The maximum Gasteiger partial charge on any atom is 0.407 e. The maximum absolute atomic E-state index is 15.0. The van der Waals surface area contributed by atoms with E-state index in [1.807, 2.05) is 30.3 Å². The van der Waals surface area contributed by atoms with Gasteiger partial charge in [-0.2, -0.15) is 0 Å². The molecule has 0 radical (unpaired) electrons. The first-order chi connectivity index (χ1) is 31.3. The monoisotopic (exact) mass is 888 g/mol. The molecule has 5 atom stereocenters. The highest BCUT2D eigenvalue weighted by Gasteiger charge is 2.43. The van der Waals surface area contributed by atoms with Crippen molar-refractivity contribution in [2.24, 2.45) is 11.3 Å². The van der Waals surface area contributed by atoms with Crippen molar-refractivity contribution in [1.82, 2.24) is 40.4 Å². The fourth-order valence-electron chi connectivity index (χ4n) is 10.8.